The number of nitrogens with one attached hydrogen (secondary N) is 2. The van der Waals surface area contributed by atoms with Gasteiger partial charge in [0.1, 0.15) is 13.2 Å². The summed E-state index contributed by atoms with van der Waals surface area (Å²) in [4.78, 5) is 15.0. The molecule has 1 aromatic carbocycles. The molecular weight excluding hydrogens is 374 g/mol. The highest BCUT2D eigenvalue weighted by molar-refractivity contribution is 5.74. The van der Waals surface area contributed by atoms with Crippen molar-refractivity contribution in [1.82, 2.24) is 15.5 Å². The minimum atomic E-state index is -0.162. The molecule has 2 fully saturated rings. The number of urea groups is 1. The van der Waals surface area contributed by atoms with Gasteiger partial charge in [-0.3, -0.25) is 4.90 Å². The van der Waals surface area contributed by atoms with E-state index in [1.807, 2.05) is 25.1 Å². The SMILES string of the molecule is CC(NC(=O)NCC(C1CCOC1)N1CCOCC1)c1ccc2c(c1)OCCO2. The van der Waals surface area contributed by atoms with E-state index in [9.17, 15) is 4.79 Å². The van der Waals surface area contributed by atoms with Crippen LogP contribution in [0.2, 0.25) is 0 Å². The van der Waals surface area contributed by atoms with E-state index in [0.717, 1.165) is 63.0 Å². The third kappa shape index (κ3) is 5.12. The standard InChI is InChI=1S/C21H31N3O5/c1-15(16-2-3-19-20(12-16)29-11-10-28-19)23-21(25)22-13-18(17-4-7-27-14-17)24-5-8-26-9-6-24/h2-3,12,15,17-18H,4-11,13-14H2,1H3,(H2,22,23,25). The molecule has 4 rings (SSSR count). The molecular formula is C21H31N3O5. The van der Waals surface area contributed by atoms with Gasteiger partial charge in [-0.15, -0.1) is 0 Å². The van der Waals surface area contributed by atoms with Gasteiger partial charge in [0, 0.05) is 38.2 Å². The zero-order valence-electron chi connectivity index (χ0n) is 17.0. The lowest BCUT2D eigenvalue weighted by Gasteiger charge is -2.37. The second kappa shape index (κ2) is 9.65. The van der Waals surface area contributed by atoms with Gasteiger partial charge < -0.3 is 29.6 Å². The van der Waals surface area contributed by atoms with Crippen molar-refractivity contribution < 1.29 is 23.7 Å². The highest BCUT2D eigenvalue weighted by Gasteiger charge is 2.31. The predicted molar refractivity (Wildman–Crippen MR) is 107 cm³/mol. The van der Waals surface area contributed by atoms with Crippen molar-refractivity contribution in [3.8, 4) is 11.5 Å². The summed E-state index contributed by atoms with van der Waals surface area (Å²) in [6, 6.07) is 5.77. The number of morpholine rings is 1. The highest BCUT2D eigenvalue weighted by atomic mass is 16.6. The Kier molecular flexibility index (Phi) is 6.74. The zero-order valence-corrected chi connectivity index (χ0v) is 17.0. The lowest BCUT2D eigenvalue weighted by atomic mass is 9.97. The van der Waals surface area contributed by atoms with E-state index in [0.29, 0.717) is 25.7 Å². The molecule has 29 heavy (non-hydrogen) atoms. The van der Waals surface area contributed by atoms with Crippen LogP contribution in [0.1, 0.15) is 24.9 Å². The lowest BCUT2D eigenvalue weighted by molar-refractivity contribution is 0.00211. The molecule has 0 aliphatic carbocycles. The van der Waals surface area contributed by atoms with Gasteiger partial charge in [-0.2, -0.15) is 0 Å². The summed E-state index contributed by atoms with van der Waals surface area (Å²) in [7, 11) is 0. The topological polar surface area (TPSA) is 81.3 Å². The second-order valence-corrected chi connectivity index (χ2v) is 7.82. The monoisotopic (exact) mass is 405 g/mol. The van der Waals surface area contributed by atoms with Crippen molar-refractivity contribution in [1.29, 1.82) is 0 Å². The number of hydrogen-bond acceptors (Lipinski definition) is 6. The number of hydrogen-bond donors (Lipinski definition) is 2. The Morgan fingerprint density at radius 3 is 2.66 bits per heavy atom. The zero-order chi connectivity index (χ0) is 20.1. The van der Waals surface area contributed by atoms with E-state index in [1.54, 1.807) is 0 Å². The largest absolute Gasteiger partial charge is 0.486 e. The minimum absolute atomic E-state index is 0.137. The van der Waals surface area contributed by atoms with E-state index in [4.69, 9.17) is 18.9 Å². The van der Waals surface area contributed by atoms with Crippen LogP contribution in [0.3, 0.4) is 0 Å². The van der Waals surface area contributed by atoms with Crippen molar-refractivity contribution in [2.45, 2.75) is 25.4 Å². The van der Waals surface area contributed by atoms with Crippen LogP contribution in [0.4, 0.5) is 4.79 Å². The molecule has 2 amide bonds. The van der Waals surface area contributed by atoms with Crippen LogP contribution < -0.4 is 20.1 Å². The number of benzene rings is 1. The maximum atomic E-state index is 12.6. The molecule has 0 aromatic heterocycles. The van der Waals surface area contributed by atoms with Gasteiger partial charge in [-0.1, -0.05) is 6.07 Å². The second-order valence-electron chi connectivity index (χ2n) is 7.82. The van der Waals surface area contributed by atoms with Crippen LogP contribution in [0.15, 0.2) is 18.2 Å². The van der Waals surface area contributed by atoms with Crippen molar-refractivity contribution in [2.24, 2.45) is 5.92 Å². The smallest absolute Gasteiger partial charge is 0.315 e. The van der Waals surface area contributed by atoms with Gasteiger partial charge in [0.2, 0.25) is 0 Å². The van der Waals surface area contributed by atoms with Crippen LogP contribution in [-0.4, -0.2) is 76.2 Å². The van der Waals surface area contributed by atoms with E-state index in [1.165, 1.54) is 0 Å². The molecule has 2 N–H and O–H groups in total. The predicted octanol–water partition coefficient (Wildman–Crippen LogP) is 1.56. The molecule has 8 heteroatoms. The number of amides is 2. The van der Waals surface area contributed by atoms with Gasteiger partial charge in [0.05, 0.1) is 25.9 Å². The number of nitrogens with zero attached hydrogens (tertiary/aromatic N) is 1. The molecule has 0 bridgehead atoms. The normalized spacial score (nSPS) is 24.0. The van der Waals surface area contributed by atoms with E-state index in [2.05, 4.69) is 15.5 Å². The Hall–Kier alpha value is -2.03. The first-order chi connectivity index (χ1) is 14.2. The molecule has 8 nitrogen and oxygen atoms in total. The van der Waals surface area contributed by atoms with Crippen molar-refractivity contribution in [2.75, 3.05) is 59.3 Å². The molecule has 0 radical (unpaired) electrons. The fourth-order valence-electron chi connectivity index (χ4n) is 4.22. The third-order valence-electron chi connectivity index (χ3n) is 5.91. The van der Waals surface area contributed by atoms with Gasteiger partial charge in [0.25, 0.3) is 0 Å². The maximum absolute atomic E-state index is 12.6. The molecule has 1 aromatic rings. The van der Waals surface area contributed by atoms with Crippen molar-refractivity contribution in [3.05, 3.63) is 23.8 Å². The first kappa shape index (κ1) is 20.3. The van der Waals surface area contributed by atoms with Crippen LogP contribution in [-0.2, 0) is 9.47 Å². The molecule has 3 heterocycles. The maximum Gasteiger partial charge on any atom is 0.315 e. The first-order valence-electron chi connectivity index (χ1n) is 10.5. The summed E-state index contributed by atoms with van der Waals surface area (Å²) in [6.45, 7) is 8.55. The Morgan fingerprint density at radius 1 is 1.10 bits per heavy atom. The molecule has 3 atom stereocenters. The van der Waals surface area contributed by atoms with Crippen molar-refractivity contribution >= 4 is 6.03 Å². The summed E-state index contributed by atoms with van der Waals surface area (Å²) < 4.78 is 22.3. The lowest BCUT2D eigenvalue weighted by Crippen LogP contribution is -2.53. The first-order valence-corrected chi connectivity index (χ1v) is 10.5. The molecule has 3 aliphatic heterocycles. The Balaban J connectivity index is 1.31. The quantitative estimate of drug-likeness (QED) is 0.748. The number of ether oxygens (including phenoxy) is 4. The number of fused-ring (bicyclic) bond motifs is 1. The van der Waals surface area contributed by atoms with Gasteiger partial charge in [-0.05, 0) is 31.0 Å². The average molecular weight is 405 g/mol. The van der Waals surface area contributed by atoms with E-state index >= 15 is 0 Å². The molecule has 2 saturated heterocycles. The number of carbonyl (C=O) groups excluding carboxylic acids is 1. The number of carbonyl (C=O) groups is 1. The van der Waals surface area contributed by atoms with Crippen LogP contribution in [0, 0.1) is 5.92 Å². The fourth-order valence-corrected chi connectivity index (χ4v) is 4.22. The average Bonchev–Trinajstić information content (AvgIpc) is 3.29. The molecule has 0 saturated carbocycles. The van der Waals surface area contributed by atoms with Crippen LogP contribution in [0.25, 0.3) is 0 Å². The van der Waals surface area contributed by atoms with Gasteiger partial charge in [-0.25, -0.2) is 4.79 Å². The minimum Gasteiger partial charge on any atom is -0.486 e. The van der Waals surface area contributed by atoms with E-state index in [-0.39, 0.29) is 18.1 Å². The third-order valence-corrected chi connectivity index (χ3v) is 5.91. The van der Waals surface area contributed by atoms with Gasteiger partial charge in [0.15, 0.2) is 11.5 Å². The van der Waals surface area contributed by atoms with Crippen LogP contribution >= 0.6 is 0 Å². The Labute approximate surface area is 171 Å². The van der Waals surface area contributed by atoms with E-state index < -0.39 is 0 Å². The summed E-state index contributed by atoms with van der Waals surface area (Å²) in [6.07, 6.45) is 1.04. The highest BCUT2D eigenvalue weighted by Crippen LogP contribution is 2.32. The fraction of sp³-hybridized carbons (Fsp3) is 0.667. The summed E-state index contributed by atoms with van der Waals surface area (Å²) in [5.41, 5.74) is 0.985. The molecule has 3 unspecified atom stereocenters. The van der Waals surface area contributed by atoms with Crippen LogP contribution in [0.5, 0.6) is 11.5 Å². The van der Waals surface area contributed by atoms with Crippen molar-refractivity contribution in [3.63, 3.8) is 0 Å². The molecule has 3 aliphatic rings. The Bertz CT molecular complexity index is 689. The summed E-state index contributed by atoms with van der Waals surface area (Å²) in [5, 5.41) is 6.11. The summed E-state index contributed by atoms with van der Waals surface area (Å²) >= 11 is 0. The number of rotatable bonds is 6. The molecule has 0 spiro atoms. The summed E-state index contributed by atoms with van der Waals surface area (Å²) in [5.74, 6) is 1.93. The molecule has 160 valence electrons. The van der Waals surface area contributed by atoms with Gasteiger partial charge >= 0.3 is 6.03 Å². The Morgan fingerprint density at radius 2 is 1.90 bits per heavy atom.